The average molecular weight is 523 g/mol. The second-order valence-corrected chi connectivity index (χ2v) is 12.0. The third kappa shape index (κ3) is 4.43. The number of carbonyl (C=O) groups excluding carboxylic acids is 1. The van der Waals surface area contributed by atoms with E-state index in [1.165, 1.54) is 24.5 Å². The molecule has 1 saturated heterocycles. The minimum absolute atomic E-state index is 0.0996. The van der Waals surface area contributed by atoms with Crippen LogP contribution in [0.3, 0.4) is 0 Å². The van der Waals surface area contributed by atoms with E-state index in [0.717, 1.165) is 17.0 Å². The van der Waals surface area contributed by atoms with Crippen molar-refractivity contribution in [2.45, 2.75) is 37.1 Å². The van der Waals surface area contributed by atoms with Gasteiger partial charge < -0.3 is 9.47 Å². The van der Waals surface area contributed by atoms with Crippen LogP contribution in [-0.4, -0.2) is 59.9 Å². The molecule has 1 fully saturated rings. The van der Waals surface area contributed by atoms with Gasteiger partial charge in [0.2, 0.25) is 0 Å². The maximum atomic E-state index is 14.6. The van der Waals surface area contributed by atoms with Gasteiger partial charge in [-0.2, -0.15) is 8.78 Å². The number of rotatable bonds is 7. The van der Waals surface area contributed by atoms with E-state index in [4.69, 9.17) is 11.6 Å². The second-order valence-electron chi connectivity index (χ2n) is 9.19. The summed E-state index contributed by atoms with van der Waals surface area (Å²) in [7, 11) is -3.06. The Morgan fingerprint density at radius 2 is 1.94 bits per heavy atom. The summed E-state index contributed by atoms with van der Waals surface area (Å²) in [4.78, 5) is 20.5. The lowest BCUT2D eigenvalue weighted by Crippen LogP contribution is -2.35. The third-order valence-electron chi connectivity index (χ3n) is 6.83. The molecular weight excluding hydrogens is 498 g/mol. The van der Waals surface area contributed by atoms with Crippen LogP contribution in [0.25, 0.3) is 11.0 Å². The van der Waals surface area contributed by atoms with Crippen molar-refractivity contribution < 1.29 is 22.0 Å². The van der Waals surface area contributed by atoms with Gasteiger partial charge in [0.05, 0.1) is 34.1 Å². The summed E-state index contributed by atoms with van der Waals surface area (Å²) in [5.41, 5.74) is 1.30. The lowest BCUT2D eigenvalue weighted by molar-refractivity contribution is -0.141. The molecule has 0 spiro atoms. The van der Waals surface area contributed by atoms with Gasteiger partial charge in [0.15, 0.2) is 9.84 Å². The van der Waals surface area contributed by atoms with Crippen LogP contribution in [0.1, 0.15) is 24.2 Å². The summed E-state index contributed by atoms with van der Waals surface area (Å²) >= 11 is 6.15. The summed E-state index contributed by atoms with van der Waals surface area (Å²) in [5.74, 6) is -4.36. The standard InChI is InChI=1S/C24H25ClF2N4O3S/c1-35(33,34)17-9-12-29(14-17)10-4-11-30-21-8-7-16(25)13-19(21)28-22(30)15-31-20-6-3-2-5-18(20)24(26,27)23(31)32/h2-3,5-8,13,17H,4,9-12,14-15H2,1H3. The van der Waals surface area contributed by atoms with Crippen LogP contribution in [0, 0.1) is 0 Å². The minimum atomic E-state index is -3.58. The Morgan fingerprint density at radius 3 is 2.69 bits per heavy atom. The van der Waals surface area contributed by atoms with E-state index in [-0.39, 0.29) is 23.0 Å². The predicted molar refractivity (Wildman–Crippen MR) is 131 cm³/mol. The van der Waals surface area contributed by atoms with Crippen molar-refractivity contribution in [1.82, 2.24) is 14.5 Å². The number of benzene rings is 2. The molecule has 0 bridgehead atoms. The lowest BCUT2D eigenvalue weighted by atomic mass is 10.1. The van der Waals surface area contributed by atoms with E-state index >= 15 is 0 Å². The van der Waals surface area contributed by atoms with Gasteiger partial charge in [0, 0.05) is 24.4 Å². The van der Waals surface area contributed by atoms with Gasteiger partial charge in [-0.25, -0.2) is 13.4 Å². The molecule has 1 amide bonds. The molecular formula is C24H25ClF2N4O3S. The van der Waals surface area contributed by atoms with Crippen molar-refractivity contribution in [2.75, 3.05) is 30.8 Å². The smallest absolute Gasteiger partial charge is 0.326 e. The van der Waals surface area contributed by atoms with Gasteiger partial charge in [-0.15, -0.1) is 0 Å². The van der Waals surface area contributed by atoms with Crippen molar-refractivity contribution in [2.24, 2.45) is 0 Å². The highest BCUT2D eigenvalue weighted by Crippen LogP contribution is 2.44. The molecule has 0 radical (unpaired) electrons. The first-order chi connectivity index (χ1) is 16.6. The SMILES string of the molecule is CS(=O)(=O)C1CCN(CCCn2c(CN3C(=O)C(F)(F)c4ccccc43)nc3cc(Cl)ccc32)C1. The lowest BCUT2D eigenvalue weighted by Gasteiger charge is -2.19. The zero-order valence-electron chi connectivity index (χ0n) is 19.1. The highest BCUT2D eigenvalue weighted by Gasteiger charge is 2.52. The molecule has 0 aliphatic carbocycles. The molecule has 3 aromatic rings. The maximum Gasteiger partial charge on any atom is 0.352 e. The number of alkyl halides is 2. The first-order valence-electron chi connectivity index (χ1n) is 11.4. The van der Waals surface area contributed by atoms with Crippen LogP contribution in [0.2, 0.25) is 5.02 Å². The molecule has 0 saturated carbocycles. The molecule has 11 heteroatoms. The van der Waals surface area contributed by atoms with Crippen molar-refractivity contribution >= 4 is 44.1 Å². The maximum absolute atomic E-state index is 14.6. The van der Waals surface area contributed by atoms with E-state index in [2.05, 4.69) is 9.88 Å². The number of aromatic nitrogens is 2. The van der Waals surface area contributed by atoms with Gasteiger partial charge >= 0.3 is 11.8 Å². The highest BCUT2D eigenvalue weighted by molar-refractivity contribution is 7.91. The first kappa shape index (κ1) is 24.1. The zero-order chi connectivity index (χ0) is 25.0. The summed E-state index contributed by atoms with van der Waals surface area (Å²) in [6.45, 7) is 2.37. The Bertz CT molecular complexity index is 1410. The number of anilines is 1. The van der Waals surface area contributed by atoms with Gasteiger partial charge in [0.1, 0.15) is 5.82 Å². The molecule has 186 valence electrons. The molecule has 1 unspecified atom stereocenters. The Hall–Kier alpha value is -2.56. The largest absolute Gasteiger partial charge is 0.352 e. The molecule has 1 aromatic heterocycles. The van der Waals surface area contributed by atoms with Gasteiger partial charge in [-0.05, 0) is 50.2 Å². The third-order valence-corrected chi connectivity index (χ3v) is 8.66. The van der Waals surface area contributed by atoms with Crippen molar-refractivity contribution in [3.8, 4) is 0 Å². The van der Waals surface area contributed by atoms with E-state index in [0.29, 0.717) is 48.8 Å². The number of fused-ring (bicyclic) bond motifs is 2. The average Bonchev–Trinajstić information content (AvgIpc) is 3.46. The number of nitrogens with zero attached hydrogens (tertiary/aromatic N) is 4. The first-order valence-corrected chi connectivity index (χ1v) is 13.7. The van der Waals surface area contributed by atoms with Crippen molar-refractivity contribution in [3.05, 3.63) is 58.9 Å². The quantitative estimate of drug-likeness (QED) is 0.471. The number of para-hydroxylation sites is 1. The Kier molecular flexibility index (Phi) is 6.09. The highest BCUT2D eigenvalue weighted by atomic mass is 35.5. The summed E-state index contributed by atoms with van der Waals surface area (Å²) in [6, 6.07) is 11.2. The topological polar surface area (TPSA) is 75.5 Å². The molecule has 2 aromatic carbocycles. The van der Waals surface area contributed by atoms with Crippen LogP contribution in [0.4, 0.5) is 14.5 Å². The van der Waals surface area contributed by atoms with Gasteiger partial charge in [0.25, 0.3) is 0 Å². The monoisotopic (exact) mass is 522 g/mol. The fraction of sp³-hybridized carbons (Fsp3) is 0.417. The molecule has 35 heavy (non-hydrogen) atoms. The number of carbonyl (C=O) groups is 1. The zero-order valence-corrected chi connectivity index (χ0v) is 20.7. The Morgan fingerprint density at radius 1 is 1.17 bits per heavy atom. The molecule has 2 aliphatic heterocycles. The molecule has 2 aliphatic rings. The van der Waals surface area contributed by atoms with Crippen LogP contribution in [0.15, 0.2) is 42.5 Å². The van der Waals surface area contributed by atoms with Gasteiger partial charge in [-0.1, -0.05) is 29.8 Å². The number of aryl methyl sites for hydroxylation is 1. The van der Waals surface area contributed by atoms with E-state index in [9.17, 15) is 22.0 Å². The summed E-state index contributed by atoms with van der Waals surface area (Å²) in [5, 5.41) is 0.170. The fourth-order valence-corrected chi connectivity index (χ4v) is 6.17. The Balaban J connectivity index is 1.39. The molecule has 7 nitrogen and oxygen atoms in total. The number of hydrogen-bond acceptors (Lipinski definition) is 5. The minimum Gasteiger partial charge on any atom is -0.326 e. The molecule has 5 rings (SSSR count). The Labute approximate surface area is 207 Å². The number of imidazole rings is 1. The normalized spacial score (nSPS) is 20.2. The number of hydrogen-bond donors (Lipinski definition) is 0. The summed E-state index contributed by atoms with van der Waals surface area (Å²) in [6.07, 6.45) is 2.61. The number of sulfone groups is 1. The molecule has 3 heterocycles. The molecule has 0 N–H and O–H groups in total. The van der Waals surface area contributed by atoms with E-state index in [1.807, 2.05) is 10.6 Å². The van der Waals surface area contributed by atoms with E-state index < -0.39 is 21.7 Å². The van der Waals surface area contributed by atoms with Crippen LogP contribution >= 0.6 is 11.6 Å². The van der Waals surface area contributed by atoms with Crippen LogP contribution in [-0.2, 0) is 33.6 Å². The number of amides is 1. The number of halogens is 3. The van der Waals surface area contributed by atoms with E-state index in [1.54, 1.807) is 18.2 Å². The predicted octanol–water partition coefficient (Wildman–Crippen LogP) is 3.84. The second kappa shape index (κ2) is 8.83. The van der Waals surface area contributed by atoms with Crippen LogP contribution in [0.5, 0.6) is 0 Å². The van der Waals surface area contributed by atoms with Crippen molar-refractivity contribution in [3.63, 3.8) is 0 Å². The van der Waals surface area contributed by atoms with Crippen LogP contribution < -0.4 is 4.90 Å². The molecule has 1 atom stereocenters. The summed E-state index contributed by atoms with van der Waals surface area (Å²) < 4.78 is 54.9. The van der Waals surface area contributed by atoms with Gasteiger partial charge in [-0.3, -0.25) is 9.69 Å². The van der Waals surface area contributed by atoms with Crippen molar-refractivity contribution in [1.29, 1.82) is 0 Å². The number of likely N-dealkylation sites (tertiary alicyclic amines) is 1. The fourth-order valence-electron chi connectivity index (χ4n) is 4.99.